The normalized spacial score (nSPS) is 10.8. The first-order chi connectivity index (χ1) is 14.1. The van der Waals surface area contributed by atoms with Gasteiger partial charge in [0.2, 0.25) is 0 Å². The molecule has 0 aliphatic carbocycles. The number of amides is 1. The Morgan fingerprint density at radius 2 is 1.83 bits per heavy atom. The van der Waals surface area contributed by atoms with Crippen LogP contribution < -0.4 is 10.1 Å². The third-order valence-corrected chi connectivity index (χ3v) is 4.62. The predicted molar refractivity (Wildman–Crippen MR) is 116 cm³/mol. The molecular weight excluding hydrogens is 362 g/mol. The molecule has 0 saturated heterocycles. The summed E-state index contributed by atoms with van der Waals surface area (Å²) in [6, 6.07) is 19.9. The molecule has 0 unspecified atom stereocenters. The fourth-order valence-electron chi connectivity index (χ4n) is 3.22. The van der Waals surface area contributed by atoms with Gasteiger partial charge in [0.25, 0.3) is 5.91 Å². The SMILES string of the molecule is COc1ccc(CCNC(=O)c2ncccc2-c2cccc(CN(C)C)c2)cc1. The average molecular weight is 389 g/mol. The van der Waals surface area contributed by atoms with Gasteiger partial charge < -0.3 is 15.0 Å². The van der Waals surface area contributed by atoms with Gasteiger partial charge in [-0.3, -0.25) is 9.78 Å². The number of ether oxygens (including phenoxy) is 1. The quantitative estimate of drug-likeness (QED) is 0.637. The van der Waals surface area contributed by atoms with E-state index in [1.807, 2.05) is 62.6 Å². The van der Waals surface area contributed by atoms with E-state index in [9.17, 15) is 4.79 Å². The highest BCUT2D eigenvalue weighted by Gasteiger charge is 2.14. The lowest BCUT2D eigenvalue weighted by Crippen LogP contribution is -2.27. The molecule has 0 saturated carbocycles. The first-order valence-electron chi connectivity index (χ1n) is 9.67. The molecule has 0 aliphatic rings. The van der Waals surface area contributed by atoms with Crippen LogP contribution in [0, 0.1) is 0 Å². The van der Waals surface area contributed by atoms with Crippen molar-refractivity contribution in [2.45, 2.75) is 13.0 Å². The average Bonchev–Trinajstić information content (AvgIpc) is 2.74. The monoisotopic (exact) mass is 389 g/mol. The number of hydrogen-bond donors (Lipinski definition) is 1. The summed E-state index contributed by atoms with van der Waals surface area (Å²) in [7, 11) is 5.73. The number of carbonyl (C=O) groups is 1. The second-order valence-electron chi connectivity index (χ2n) is 7.19. The zero-order chi connectivity index (χ0) is 20.6. The number of nitrogens with zero attached hydrogens (tertiary/aromatic N) is 2. The molecule has 0 radical (unpaired) electrons. The Labute approximate surface area is 172 Å². The largest absolute Gasteiger partial charge is 0.497 e. The molecule has 1 heterocycles. The molecule has 0 fully saturated rings. The van der Waals surface area contributed by atoms with Gasteiger partial charge in [-0.1, -0.05) is 36.4 Å². The van der Waals surface area contributed by atoms with Gasteiger partial charge in [0.15, 0.2) is 0 Å². The Hall–Kier alpha value is -3.18. The third-order valence-electron chi connectivity index (χ3n) is 4.62. The Balaban J connectivity index is 1.70. The molecule has 5 nitrogen and oxygen atoms in total. The van der Waals surface area contributed by atoms with Crippen molar-refractivity contribution < 1.29 is 9.53 Å². The standard InChI is InChI=1S/C24H27N3O2/c1-27(2)17-19-6-4-7-20(16-19)22-8-5-14-25-23(22)24(28)26-15-13-18-9-11-21(29-3)12-10-18/h4-12,14,16H,13,15,17H2,1-3H3,(H,26,28). The van der Waals surface area contributed by atoms with Crippen LogP contribution in [-0.4, -0.2) is 43.5 Å². The van der Waals surface area contributed by atoms with Gasteiger partial charge in [-0.25, -0.2) is 0 Å². The van der Waals surface area contributed by atoms with E-state index < -0.39 is 0 Å². The van der Waals surface area contributed by atoms with Crippen molar-refractivity contribution in [2.75, 3.05) is 27.7 Å². The van der Waals surface area contributed by atoms with Crippen LogP contribution in [-0.2, 0) is 13.0 Å². The van der Waals surface area contributed by atoms with Crippen molar-refractivity contribution in [1.29, 1.82) is 0 Å². The number of pyridine rings is 1. The van der Waals surface area contributed by atoms with E-state index in [1.165, 1.54) is 5.56 Å². The highest BCUT2D eigenvalue weighted by Crippen LogP contribution is 2.23. The van der Waals surface area contributed by atoms with Gasteiger partial charge in [0.05, 0.1) is 7.11 Å². The van der Waals surface area contributed by atoms with Crippen molar-refractivity contribution in [3.63, 3.8) is 0 Å². The maximum atomic E-state index is 12.8. The lowest BCUT2D eigenvalue weighted by Gasteiger charge is -2.13. The summed E-state index contributed by atoms with van der Waals surface area (Å²) >= 11 is 0. The number of nitrogens with one attached hydrogen (secondary N) is 1. The summed E-state index contributed by atoms with van der Waals surface area (Å²) in [6.07, 6.45) is 2.40. The van der Waals surface area contributed by atoms with E-state index in [0.717, 1.165) is 35.4 Å². The summed E-state index contributed by atoms with van der Waals surface area (Å²) in [6.45, 7) is 1.39. The Morgan fingerprint density at radius 3 is 2.55 bits per heavy atom. The Bertz CT molecular complexity index is 952. The van der Waals surface area contributed by atoms with E-state index in [2.05, 4.69) is 27.3 Å². The topological polar surface area (TPSA) is 54.5 Å². The molecule has 0 aliphatic heterocycles. The van der Waals surface area contributed by atoms with Crippen LogP contribution in [0.25, 0.3) is 11.1 Å². The van der Waals surface area contributed by atoms with Gasteiger partial charge in [-0.2, -0.15) is 0 Å². The third kappa shape index (κ3) is 5.65. The highest BCUT2D eigenvalue weighted by molar-refractivity contribution is 5.98. The van der Waals surface area contributed by atoms with Crippen LogP contribution in [0.4, 0.5) is 0 Å². The maximum Gasteiger partial charge on any atom is 0.270 e. The van der Waals surface area contributed by atoms with E-state index in [1.54, 1.807) is 13.3 Å². The minimum Gasteiger partial charge on any atom is -0.497 e. The first kappa shape index (κ1) is 20.6. The Morgan fingerprint density at radius 1 is 1.03 bits per heavy atom. The Kier molecular flexibility index (Phi) is 6.98. The van der Waals surface area contributed by atoms with E-state index in [4.69, 9.17) is 4.74 Å². The number of aromatic nitrogens is 1. The van der Waals surface area contributed by atoms with E-state index in [0.29, 0.717) is 12.2 Å². The zero-order valence-electron chi connectivity index (χ0n) is 17.2. The minimum atomic E-state index is -0.160. The number of hydrogen-bond acceptors (Lipinski definition) is 4. The van der Waals surface area contributed by atoms with E-state index >= 15 is 0 Å². The summed E-state index contributed by atoms with van der Waals surface area (Å²) in [5.74, 6) is 0.666. The smallest absolute Gasteiger partial charge is 0.270 e. The molecule has 150 valence electrons. The van der Waals surface area contributed by atoms with Gasteiger partial charge in [-0.15, -0.1) is 0 Å². The number of benzene rings is 2. The molecule has 1 aromatic heterocycles. The predicted octanol–water partition coefficient (Wildman–Crippen LogP) is 3.79. The van der Waals surface area contributed by atoms with Gasteiger partial charge >= 0.3 is 0 Å². The summed E-state index contributed by atoms with van der Waals surface area (Å²) in [5, 5.41) is 2.99. The first-order valence-corrected chi connectivity index (χ1v) is 9.67. The lowest BCUT2D eigenvalue weighted by atomic mass is 10.0. The van der Waals surface area contributed by atoms with Gasteiger partial charge in [0.1, 0.15) is 11.4 Å². The molecule has 0 bridgehead atoms. The van der Waals surface area contributed by atoms with Crippen LogP contribution in [0.2, 0.25) is 0 Å². The molecule has 3 rings (SSSR count). The summed E-state index contributed by atoms with van der Waals surface area (Å²) in [4.78, 5) is 19.3. The van der Waals surface area contributed by atoms with Crippen molar-refractivity contribution in [3.05, 3.63) is 83.7 Å². The molecule has 0 spiro atoms. The van der Waals surface area contributed by atoms with Crippen molar-refractivity contribution in [2.24, 2.45) is 0 Å². The fourth-order valence-corrected chi connectivity index (χ4v) is 3.22. The highest BCUT2D eigenvalue weighted by atomic mass is 16.5. The maximum absolute atomic E-state index is 12.8. The van der Waals surface area contributed by atoms with Gasteiger partial charge in [0, 0.05) is 24.8 Å². The van der Waals surface area contributed by atoms with E-state index in [-0.39, 0.29) is 5.91 Å². The van der Waals surface area contributed by atoms with Crippen LogP contribution in [0.5, 0.6) is 5.75 Å². The minimum absolute atomic E-state index is 0.160. The molecule has 1 amide bonds. The molecular formula is C24H27N3O2. The summed E-state index contributed by atoms with van der Waals surface area (Å²) in [5.41, 5.74) is 4.63. The molecule has 2 aromatic carbocycles. The molecule has 1 N–H and O–H groups in total. The fraction of sp³-hybridized carbons (Fsp3) is 0.250. The van der Waals surface area contributed by atoms with Crippen LogP contribution >= 0.6 is 0 Å². The molecule has 0 atom stereocenters. The van der Waals surface area contributed by atoms with Crippen molar-refractivity contribution in [1.82, 2.24) is 15.2 Å². The zero-order valence-corrected chi connectivity index (χ0v) is 17.2. The second kappa shape index (κ2) is 9.85. The van der Waals surface area contributed by atoms with Crippen LogP contribution in [0.1, 0.15) is 21.6 Å². The number of carbonyl (C=O) groups excluding carboxylic acids is 1. The lowest BCUT2D eigenvalue weighted by molar-refractivity contribution is 0.0950. The van der Waals surface area contributed by atoms with Crippen LogP contribution in [0.3, 0.4) is 0 Å². The van der Waals surface area contributed by atoms with Crippen molar-refractivity contribution in [3.8, 4) is 16.9 Å². The molecule has 5 heteroatoms. The van der Waals surface area contributed by atoms with Crippen LogP contribution in [0.15, 0.2) is 66.9 Å². The number of methoxy groups -OCH3 is 1. The summed E-state index contributed by atoms with van der Waals surface area (Å²) < 4.78 is 5.17. The van der Waals surface area contributed by atoms with Gasteiger partial charge in [-0.05, 0) is 61.5 Å². The number of rotatable bonds is 8. The molecule has 3 aromatic rings. The molecule has 29 heavy (non-hydrogen) atoms. The van der Waals surface area contributed by atoms with Crippen molar-refractivity contribution >= 4 is 5.91 Å². The second-order valence-corrected chi connectivity index (χ2v) is 7.19.